The fourth-order valence-corrected chi connectivity index (χ4v) is 0. The molecule has 0 heterocycles. The zero-order valence-electron chi connectivity index (χ0n) is 5.79. The summed E-state index contributed by atoms with van der Waals surface area (Å²) >= 11 is 0. The number of nitrogens with two attached hydrogens (primary N) is 1. The smallest absolute Gasteiger partial charge is 0.402 e. The van der Waals surface area contributed by atoms with Crippen LogP contribution in [-0.2, 0) is 0 Å². The highest BCUT2D eigenvalue weighted by molar-refractivity contribution is 14.0. The van der Waals surface area contributed by atoms with Crippen LogP contribution in [0.1, 0.15) is 0 Å². The van der Waals surface area contributed by atoms with Gasteiger partial charge in [-0.25, -0.2) is 4.79 Å². The number of rotatable bonds is 0. The summed E-state index contributed by atoms with van der Waals surface area (Å²) in [6.45, 7) is 0. The minimum absolute atomic E-state index is 0. The molecule has 0 unspecified atom stereocenters. The maximum absolute atomic E-state index is 8.78. The summed E-state index contributed by atoms with van der Waals surface area (Å²) in [6.07, 6.45) is -1.33. The molecule has 0 atom stereocenters. The molecule has 58 valence electrons. The van der Waals surface area contributed by atoms with Gasteiger partial charge in [0.25, 0.3) is 0 Å². The Morgan fingerprint density at radius 3 is 1.44 bits per heavy atom. The highest BCUT2D eigenvalue weighted by Gasteiger charge is 1.65. The topological polar surface area (TPSA) is 66.6 Å². The van der Waals surface area contributed by atoms with Gasteiger partial charge >= 0.3 is 6.09 Å². The van der Waals surface area contributed by atoms with E-state index in [1.165, 1.54) is 0 Å². The van der Waals surface area contributed by atoms with Crippen LogP contribution in [-0.4, -0.2) is 37.2 Å². The minimum Gasteiger partial charge on any atom is -0.465 e. The third kappa shape index (κ3) is 177000. The lowest BCUT2D eigenvalue weighted by Gasteiger charge is -1.90. The lowest BCUT2D eigenvalue weighted by Crippen LogP contribution is -2.03. The van der Waals surface area contributed by atoms with Gasteiger partial charge in [0.2, 0.25) is 0 Å². The number of halogens is 1. The molecular weight excluding hydrogens is 235 g/mol. The first-order chi connectivity index (χ1) is 3.46. The van der Waals surface area contributed by atoms with Crippen LogP contribution in [0, 0.1) is 0 Å². The van der Waals surface area contributed by atoms with Crippen LogP contribution < -0.4 is 5.73 Å². The fraction of sp³-hybridized carbons (Fsp3) is 0.750. The third-order valence-corrected chi connectivity index (χ3v) is 0. The molecule has 0 aromatic heterocycles. The Labute approximate surface area is 72.0 Å². The first kappa shape index (κ1) is 16.0. The Balaban J connectivity index is -0.0000000720. The largest absolute Gasteiger partial charge is 0.465 e. The molecule has 9 heavy (non-hydrogen) atoms. The highest BCUT2D eigenvalue weighted by atomic mass is 127. The monoisotopic (exact) mass is 248 g/mol. The Kier molecular flexibility index (Phi) is 19.3. The van der Waals surface area contributed by atoms with Crippen LogP contribution >= 0.6 is 24.0 Å². The molecule has 0 radical (unpaired) electrons. The number of hydrogen-bond acceptors (Lipinski definition) is 2. The van der Waals surface area contributed by atoms with Gasteiger partial charge in [0.1, 0.15) is 0 Å². The lowest BCUT2D eigenvalue weighted by atomic mass is 11.0. The van der Waals surface area contributed by atoms with Crippen LogP contribution in [0.15, 0.2) is 0 Å². The van der Waals surface area contributed by atoms with E-state index in [4.69, 9.17) is 9.90 Å². The zero-order valence-corrected chi connectivity index (χ0v) is 8.12. The number of carbonyl (C=O) groups is 1. The predicted octanol–water partition coefficient (Wildman–Crippen LogP) is 0.419. The van der Waals surface area contributed by atoms with Gasteiger partial charge in [0.15, 0.2) is 0 Å². The first-order valence-corrected chi connectivity index (χ1v) is 2.06. The van der Waals surface area contributed by atoms with Crippen molar-refractivity contribution in [3.8, 4) is 0 Å². The molecule has 1 amide bonds. The van der Waals surface area contributed by atoms with Crippen molar-refractivity contribution < 1.29 is 9.90 Å². The number of primary amides is 1. The summed E-state index contributed by atoms with van der Waals surface area (Å²) in [4.78, 5) is 10.8. The van der Waals surface area contributed by atoms with Gasteiger partial charge in [0.05, 0.1) is 0 Å². The summed E-state index contributed by atoms with van der Waals surface area (Å²) in [5.41, 5.74) is 4.03. The maximum atomic E-state index is 8.78. The third-order valence-electron chi connectivity index (χ3n) is 0. The van der Waals surface area contributed by atoms with Crippen LogP contribution in [0.25, 0.3) is 0 Å². The maximum Gasteiger partial charge on any atom is 0.402 e. The van der Waals surface area contributed by atoms with Crippen LogP contribution in [0.4, 0.5) is 4.79 Å². The van der Waals surface area contributed by atoms with E-state index in [0.717, 1.165) is 0 Å². The average Bonchev–Trinajstić information content (AvgIpc) is 1.25. The lowest BCUT2D eigenvalue weighted by molar-refractivity contribution is 0.205. The molecule has 0 aromatic rings. The van der Waals surface area contributed by atoms with Crippen molar-refractivity contribution in [3.05, 3.63) is 0 Å². The van der Waals surface area contributed by atoms with Crippen molar-refractivity contribution in [2.75, 3.05) is 21.1 Å². The summed E-state index contributed by atoms with van der Waals surface area (Å²) < 4.78 is 0. The summed E-state index contributed by atoms with van der Waals surface area (Å²) in [7, 11) is 6.00. The van der Waals surface area contributed by atoms with E-state index >= 15 is 0 Å². The SMILES string of the molecule is CN(C)C.I.NC(=O)O. The number of hydrogen-bond donors (Lipinski definition) is 2. The number of carboxylic acid groups (broad SMARTS) is 1. The Morgan fingerprint density at radius 1 is 1.44 bits per heavy atom. The van der Waals surface area contributed by atoms with E-state index in [2.05, 4.69) is 5.73 Å². The van der Waals surface area contributed by atoms with Crippen molar-refractivity contribution in [3.63, 3.8) is 0 Å². The molecule has 3 N–H and O–H groups in total. The molecule has 0 rings (SSSR count). The van der Waals surface area contributed by atoms with Crippen molar-refractivity contribution in [2.45, 2.75) is 0 Å². The quantitative estimate of drug-likeness (QED) is 0.610. The van der Waals surface area contributed by atoms with Gasteiger partial charge in [-0.05, 0) is 21.1 Å². The molecule has 0 aromatic carbocycles. The molecule has 0 fully saturated rings. The highest BCUT2D eigenvalue weighted by Crippen LogP contribution is 1.47. The van der Waals surface area contributed by atoms with Crippen molar-refractivity contribution in [2.24, 2.45) is 5.73 Å². The summed E-state index contributed by atoms with van der Waals surface area (Å²) in [6, 6.07) is 0. The van der Waals surface area contributed by atoms with Crippen LogP contribution in [0.2, 0.25) is 0 Å². The van der Waals surface area contributed by atoms with Gasteiger partial charge in [-0.15, -0.1) is 24.0 Å². The molecule has 0 aliphatic heterocycles. The standard InChI is InChI=1S/C3H9N.CH3NO2.HI/c1-4(2)3;2-1(3)4;/h1-3H3;2H2,(H,3,4);1H. The summed E-state index contributed by atoms with van der Waals surface area (Å²) in [5.74, 6) is 0. The van der Waals surface area contributed by atoms with E-state index < -0.39 is 6.09 Å². The molecule has 0 aliphatic carbocycles. The predicted molar refractivity (Wildman–Crippen MR) is 47.2 cm³/mol. The zero-order chi connectivity index (χ0) is 7.15. The molecule has 0 bridgehead atoms. The van der Waals surface area contributed by atoms with E-state index in [9.17, 15) is 0 Å². The number of nitrogens with zero attached hydrogens (tertiary/aromatic N) is 1. The van der Waals surface area contributed by atoms with Gasteiger partial charge in [-0.1, -0.05) is 0 Å². The van der Waals surface area contributed by atoms with Gasteiger partial charge in [0, 0.05) is 0 Å². The molecule has 0 saturated heterocycles. The first-order valence-electron chi connectivity index (χ1n) is 2.06. The second-order valence-electron chi connectivity index (χ2n) is 1.68. The van der Waals surface area contributed by atoms with Crippen molar-refractivity contribution in [1.82, 2.24) is 4.90 Å². The fourth-order valence-electron chi connectivity index (χ4n) is 0. The van der Waals surface area contributed by atoms with Crippen molar-refractivity contribution in [1.29, 1.82) is 0 Å². The van der Waals surface area contributed by atoms with Gasteiger partial charge in [-0.3, -0.25) is 0 Å². The molecule has 0 saturated carbocycles. The molecule has 4 nitrogen and oxygen atoms in total. The molecular formula is C4H13IN2O2. The van der Waals surface area contributed by atoms with E-state index in [1.54, 1.807) is 0 Å². The van der Waals surface area contributed by atoms with E-state index in [1.807, 2.05) is 26.0 Å². The Hall–Kier alpha value is -0.0400. The Bertz CT molecular complexity index is 60.8. The van der Waals surface area contributed by atoms with E-state index in [0.29, 0.717) is 0 Å². The van der Waals surface area contributed by atoms with Gasteiger partial charge < -0.3 is 15.7 Å². The molecule has 0 aliphatic rings. The van der Waals surface area contributed by atoms with Crippen molar-refractivity contribution >= 4 is 30.1 Å². The van der Waals surface area contributed by atoms with E-state index in [-0.39, 0.29) is 24.0 Å². The average molecular weight is 248 g/mol. The second kappa shape index (κ2) is 10.9. The molecule has 5 heteroatoms. The Morgan fingerprint density at radius 2 is 1.44 bits per heavy atom. The van der Waals surface area contributed by atoms with Gasteiger partial charge in [-0.2, -0.15) is 0 Å². The normalized spacial score (nSPS) is 6.67. The summed E-state index contributed by atoms with van der Waals surface area (Å²) in [5, 5.41) is 7.19. The van der Waals surface area contributed by atoms with Crippen LogP contribution in [0.5, 0.6) is 0 Å². The molecule has 0 spiro atoms. The minimum atomic E-state index is -1.33. The number of amides is 1. The second-order valence-corrected chi connectivity index (χ2v) is 1.68. The van der Waals surface area contributed by atoms with Crippen LogP contribution in [0.3, 0.4) is 0 Å².